The minimum absolute atomic E-state index is 0.0379. The van der Waals surface area contributed by atoms with Crippen molar-refractivity contribution in [2.24, 2.45) is 0 Å². The molecule has 1 aliphatic rings. The first-order valence-electron chi connectivity index (χ1n) is 7.68. The van der Waals surface area contributed by atoms with Gasteiger partial charge in [0.1, 0.15) is 17.9 Å². The highest BCUT2D eigenvalue weighted by atomic mass is 16.5. The summed E-state index contributed by atoms with van der Waals surface area (Å²) in [5.74, 6) is 1.28. The number of nitrogens with zero attached hydrogens (tertiary/aromatic N) is 3. The molecule has 1 atom stereocenters. The third-order valence-corrected chi connectivity index (χ3v) is 4.21. The van der Waals surface area contributed by atoms with Gasteiger partial charge in [-0.15, -0.1) is 0 Å². The van der Waals surface area contributed by atoms with Gasteiger partial charge in [0.2, 0.25) is 5.91 Å². The van der Waals surface area contributed by atoms with Crippen LogP contribution in [0.2, 0.25) is 0 Å². The molecule has 0 aliphatic carbocycles. The number of hydrogen-bond donors (Lipinski definition) is 1. The van der Waals surface area contributed by atoms with E-state index in [0.717, 1.165) is 22.7 Å². The molecular formula is C18H16N4O2. The Hall–Kier alpha value is -3.15. The number of para-hydroxylation sites is 1. The van der Waals surface area contributed by atoms with Crippen molar-refractivity contribution in [2.75, 3.05) is 12.4 Å². The average Bonchev–Trinajstić information content (AvgIpc) is 3.05. The van der Waals surface area contributed by atoms with Crippen LogP contribution in [-0.2, 0) is 4.79 Å². The van der Waals surface area contributed by atoms with E-state index in [1.807, 2.05) is 41.0 Å². The molecular weight excluding hydrogens is 304 g/mol. The lowest BCUT2D eigenvalue weighted by Crippen LogP contribution is -2.25. The van der Waals surface area contributed by atoms with Crippen LogP contribution in [0.5, 0.6) is 5.75 Å². The van der Waals surface area contributed by atoms with Crippen LogP contribution < -0.4 is 10.1 Å². The Kier molecular flexibility index (Phi) is 3.49. The van der Waals surface area contributed by atoms with Crippen LogP contribution in [0.1, 0.15) is 23.6 Å². The van der Waals surface area contributed by atoms with Crippen molar-refractivity contribution in [1.29, 1.82) is 0 Å². The highest BCUT2D eigenvalue weighted by Crippen LogP contribution is 2.40. The van der Waals surface area contributed by atoms with Gasteiger partial charge in [-0.2, -0.15) is 0 Å². The number of carbonyl (C=O) groups excluding carboxylic acids is 1. The molecule has 1 N–H and O–H groups in total. The van der Waals surface area contributed by atoms with Gasteiger partial charge in [0.25, 0.3) is 0 Å². The van der Waals surface area contributed by atoms with E-state index in [1.54, 1.807) is 25.8 Å². The van der Waals surface area contributed by atoms with Crippen molar-refractivity contribution in [3.05, 3.63) is 66.4 Å². The maximum atomic E-state index is 12.3. The van der Waals surface area contributed by atoms with Gasteiger partial charge < -0.3 is 10.1 Å². The van der Waals surface area contributed by atoms with Crippen molar-refractivity contribution in [3.63, 3.8) is 0 Å². The van der Waals surface area contributed by atoms with Gasteiger partial charge in [-0.05, 0) is 18.2 Å². The lowest BCUT2D eigenvalue weighted by molar-refractivity contribution is -0.116. The monoisotopic (exact) mass is 320 g/mol. The van der Waals surface area contributed by atoms with Crippen molar-refractivity contribution in [2.45, 2.75) is 12.3 Å². The van der Waals surface area contributed by atoms with E-state index in [4.69, 9.17) is 4.74 Å². The Labute approximate surface area is 139 Å². The number of ether oxygens (including phenoxy) is 1. The van der Waals surface area contributed by atoms with E-state index >= 15 is 0 Å². The molecule has 0 saturated heterocycles. The summed E-state index contributed by atoms with van der Waals surface area (Å²) in [6, 6.07) is 11.5. The molecule has 3 aromatic rings. The Bertz CT molecular complexity index is 889. The van der Waals surface area contributed by atoms with Crippen molar-refractivity contribution >= 4 is 11.7 Å². The second kappa shape index (κ2) is 5.81. The maximum absolute atomic E-state index is 12.3. The largest absolute Gasteiger partial charge is 0.496 e. The number of anilines is 1. The van der Waals surface area contributed by atoms with Crippen molar-refractivity contribution < 1.29 is 9.53 Å². The van der Waals surface area contributed by atoms with Gasteiger partial charge in [-0.1, -0.05) is 18.2 Å². The van der Waals surface area contributed by atoms with Crippen LogP contribution in [0.15, 0.2) is 55.1 Å². The van der Waals surface area contributed by atoms with E-state index in [9.17, 15) is 4.79 Å². The topological polar surface area (TPSA) is 69.0 Å². The molecule has 0 saturated carbocycles. The summed E-state index contributed by atoms with van der Waals surface area (Å²) in [6.07, 6.45) is 5.51. The van der Waals surface area contributed by atoms with E-state index in [0.29, 0.717) is 12.2 Å². The molecule has 24 heavy (non-hydrogen) atoms. The number of aromatic nitrogens is 3. The number of rotatable bonds is 3. The predicted molar refractivity (Wildman–Crippen MR) is 89.4 cm³/mol. The van der Waals surface area contributed by atoms with E-state index in [2.05, 4.69) is 15.3 Å². The minimum Gasteiger partial charge on any atom is -0.496 e. The Morgan fingerprint density at radius 2 is 2.12 bits per heavy atom. The summed E-state index contributed by atoms with van der Waals surface area (Å²) in [6.45, 7) is 0. The zero-order valence-electron chi connectivity index (χ0n) is 13.1. The maximum Gasteiger partial charge on any atom is 0.226 e. The standard InChI is InChI=1S/C18H16N4O2/c1-24-15-7-3-2-6-13(15)14-9-16(23)21-18-17(14)20-11-22(18)12-5-4-8-19-10-12/h2-8,10-11,14H,9H2,1H3,(H,21,23)/t14-/m0/s1. The molecule has 0 radical (unpaired) electrons. The molecule has 1 aliphatic heterocycles. The van der Waals surface area contributed by atoms with E-state index in [-0.39, 0.29) is 11.8 Å². The molecule has 6 nitrogen and oxygen atoms in total. The number of methoxy groups -OCH3 is 1. The molecule has 3 heterocycles. The number of benzene rings is 1. The van der Waals surface area contributed by atoms with E-state index < -0.39 is 0 Å². The second-order valence-electron chi connectivity index (χ2n) is 5.61. The van der Waals surface area contributed by atoms with Crippen LogP contribution >= 0.6 is 0 Å². The van der Waals surface area contributed by atoms with Gasteiger partial charge in [-0.3, -0.25) is 14.3 Å². The molecule has 6 heteroatoms. The van der Waals surface area contributed by atoms with Crippen molar-refractivity contribution in [1.82, 2.24) is 14.5 Å². The first-order chi connectivity index (χ1) is 11.8. The van der Waals surface area contributed by atoms with E-state index in [1.165, 1.54) is 0 Å². The number of fused-ring (bicyclic) bond motifs is 1. The second-order valence-corrected chi connectivity index (χ2v) is 5.61. The molecule has 120 valence electrons. The van der Waals surface area contributed by atoms with Crippen molar-refractivity contribution in [3.8, 4) is 11.4 Å². The third kappa shape index (κ3) is 2.32. The quantitative estimate of drug-likeness (QED) is 0.805. The highest BCUT2D eigenvalue weighted by Gasteiger charge is 2.32. The van der Waals surface area contributed by atoms with Gasteiger partial charge in [0, 0.05) is 24.1 Å². The number of carbonyl (C=O) groups is 1. The molecule has 0 bridgehead atoms. The molecule has 2 aromatic heterocycles. The number of hydrogen-bond acceptors (Lipinski definition) is 4. The summed E-state index contributed by atoms with van der Waals surface area (Å²) in [7, 11) is 1.64. The molecule has 4 rings (SSSR count). The lowest BCUT2D eigenvalue weighted by Gasteiger charge is -2.24. The zero-order valence-corrected chi connectivity index (χ0v) is 13.1. The SMILES string of the molecule is COc1ccccc1[C@@H]1CC(=O)Nc2c1ncn2-c1cccnc1. The first-order valence-corrected chi connectivity index (χ1v) is 7.68. The highest BCUT2D eigenvalue weighted by molar-refractivity contribution is 5.94. The summed E-state index contributed by atoms with van der Waals surface area (Å²) in [5, 5.41) is 2.94. The number of amides is 1. The van der Waals surface area contributed by atoms with Gasteiger partial charge >= 0.3 is 0 Å². The lowest BCUT2D eigenvalue weighted by atomic mass is 9.89. The smallest absolute Gasteiger partial charge is 0.226 e. The molecule has 1 amide bonds. The summed E-state index contributed by atoms with van der Waals surface area (Å²) in [5.41, 5.74) is 2.66. The molecule has 0 unspecified atom stereocenters. The fraction of sp³-hybridized carbons (Fsp3) is 0.167. The Morgan fingerprint density at radius 1 is 1.25 bits per heavy atom. The van der Waals surface area contributed by atoms with Crippen LogP contribution in [0.4, 0.5) is 5.82 Å². The predicted octanol–water partition coefficient (Wildman–Crippen LogP) is 2.75. The van der Waals surface area contributed by atoms with Crippen LogP contribution in [-0.4, -0.2) is 27.6 Å². The number of imidazole rings is 1. The molecule has 0 spiro atoms. The zero-order chi connectivity index (χ0) is 16.5. The third-order valence-electron chi connectivity index (χ3n) is 4.21. The molecule has 0 fully saturated rings. The van der Waals surface area contributed by atoms with Crippen LogP contribution in [0.3, 0.4) is 0 Å². The number of pyridine rings is 1. The van der Waals surface area contributed by atoms with Gasteiger partial charge in [0.15, 0.2) is 0 Å². The van der Waals surface area contributed by atoms with Crippen LogP contribution in [0.25, 0.3) is 5.69 Å². The fourth-order valence-corrected chi connectivity index (χ4v) is 3.11. The minimum atomic E-state index is -0.136. The Morgan fingerprint density at radius 3 is 2.92 bits per heavy atom. The fourth-order valence-electron chi connectivity index (χ4n) is 3.11. The Balaban J connectivity index is 1.84. The summed E-state index contributed by atoms with van der Waals surface area (Å²) < 4.78 is 7.31. The summed E-state index contributed by atoms with van der Waals surface area (Å²) in [4.78, 5) is 21.0. The van der Waals surface area contributed by atoms with Gasteiger partial charge in [-0.25, -0.2) is 4.98 Å². The summed E-state index contributed by atoms with van der Waals surface area (Å²) >= 11 is 0. The average molecular weight is 320 g/mol. The first kappa shape index (κ1) is 14.4. The van der Waals surface area contributed by atoms with Gasteiger partial charge in [0.05, 0.1) is 24.7 Å². The number of nitrogens with one attached hydrogen (secondary N) is 1. The van der Waals surface area contributed by atoms with Crippen LogP contribution in [0, 0.1) is 0 Å². The molecule has 1 aromatic carbocycles. The normalized spacial score (nSPS) is 16.4.